The molecule has 1 saturated carbocycles. The first kappa shape index (κ1) is 13.3. The van der Waals surface area contributed by atoms with Gasteiger partial charge in [-0.2, -0.15) is 0 Å². The van der Waals surface area contributed by atoms with Gasteiger partial charge in [-0.1, -0.05) is 24.2 Å². The number of thiazole rings is 1. The van der Waals surface area contributed by atoms with E-state index in [4.69, 9.17) is 5.14 Å². The second-order valence-electron chi connectivity index (χ2n) is 5.70. The molecule has 0 radical (unpaired) electrons. The number of nitrogens with zero attached hydrogens (tertiary/aromatic N) is 2. The van der Waals surface area contributed by atoms with E-state index in [1.807, 2.05) is 0 Å². The van der Waals surface area contributed by atoms with Crippen LogP contribution in [-0.2, 0) is 10.0 Å². The van der Waals surface area contributed by atoms with Crippen LogP contribution in [0.15, 0.2) is 10.4 Å². The lowest BCUT2D eigenvalue weighted by molar-refractivity contribution is 0.226. The summed E-state index contributed by atoms with van der Waals surface area (Å²) in [5.41, 5.74) is 0.566. The molecule has 1 aromatic heterocycles. The van der Waals surface area contributed by atoms with Crippen molar-refractivity contribution in [1.82, 2.24) is 4.98 Å². The first-order chi connectivity index (χ1) is 8.99. The van der Waals surface area contributed by atoms with Gasteiger partial charge in [0.1, 0.15) is 0 Å². The van der Waals surface area contributed by atoms with E-state index in [-0.39, 0.29) is 4.21 Å². The van der Waals surface area contributed by atoms with Crippen molar-refractivity contribution >= 4 is 26.5 Å². The molecule has 0 atom stereocenters. The molecule has 3 rings (SSSR count). The molecule has 1 aliphatic carbocycles. The Morgan fingerprint density at radius 3 is 2.37 bits per heavy atom. The van der Waals surface area contributed by atoms with Crippen molar-refractivity contribution in [2.24, 2.45) is 10.6 Å². The third kappa shape index (κ3) is 2.64. The Bertz CT molecular complexity index is 551. The van der Waals surface area contributed by atoms with Gasteiger partial charge in [0.25, 0.3) is 0 Å². The number of nitrogens with two attached hydrogens (primary N) is 1. The van der Waals surface area contributed by atoms with Gasteiger partial charge in [0, 0.05) is 13.1 Å². The molecule has 2 heterocycles. The van der Waals surface area contributed by atoms with Gasteiger partial charge in [-0.15, -0.1) is 0 Å². The van der Waals surface area contributed by atoms with Gasteiger partial charge in [0.15, 0.2) is 9.34 Å². The van der Waals surface area contributed by atoms with Crippen molar-refractivity contribution in [2.45, 2.75) is 42.7 Å². The van der Waals surface area contributed by atoms with E-state index in [2.05, 4.69) is 9.88 Å². The van der Waals surface area contributed by atoms with E-state index in [9.17, 15) is 8.42 Å². The summed E-state index contributed by atoms with van der Waals surface area (Å²) >= 11 is 1.18. The molecule has 1 aliphatic heterocycles. The standard InChI is InChI=1S/C12H19N3O2S2/c13-19(16,17)10-9-14-11(18-10)15-7-5-12(6-8-15)3-1-2-4-12/h9H,1-8H2,(H2,13,16,17). The van der Waals surface area contributed by atoms with Gasteiger partial charge in [-0.3, -0.25) is 0 Å². The zero-order valence-corrected chi connectivity index (χ0v) is 12.5. The summed E-state index contributed by atoms with van der Waals surface area (Å²) in [5, 5.41) is 5.91. The van der Waals surface area contributed by atoms with Crippen LogP contribution in [0.1, 0.15) is 38.5 Å². The number of aromatic nitrogens is 1. The highest BCUT2D eigenvalue weighted by atomic mass is 32.2. The predicted octanol–water partition coefficient (Wildman–Crippen LogP) is 1.95. The number of piperidine rings is 1. The Labute approximate surface area is 117 Å². The van der Waals surface area contributed by atoms with E-state index in [0.717, 1.165) is 18.2 Å². The molecule has 2 fully saturated rings. The Kier molecular flexibility index (Phi) is 3.31. The normalized spacial score (nSPS) is 23.1. The SMILES string of the molecule is NS(=O)(=O)c1cnc(N2CCC3(CCCC3)CC2)s1. The number of hydrogen-bond donors (Lipinski definition) is 1. The Morgan fingerprint density at radius 1 is 1.21 bits per heavy atom. The number of sulfonamides is 1. The molecule has 0 aromatic carbocycles. The smallest absolute Gasteiger partial charge is 0.249 e. The van der Waals surface area contributed by atoms with Crippen LogP contribution in [0.3, 0.4) is 0 Å². The van der Waals surface area contributed by atoms with Crippen LogP contribution in [0.4, 0.5) is 5.13 Å². The summed E-state index contributed by atoms with van der Waals surface area (Å²) in [6.45, 7) is 1.97. The summed E-state index contributed by atoms with van der Waals surface area (Å²) in [5.74, 6) is 0. The molecule has 2 N–H and O–H groups in total. The molecular formula is C12H19N3O2S2. The molecule has 1 aromatic rings. The predicted molar refractivity (Wildman–Crippen MR) is 75.8 cm³/mol. The van der Waals surface area contributed by atoms with Crippen molar-refractivity contribution in [3.63, 3.8) is 0 Å². The van der Waals surface area contributed by atoms with Crippen molar-refractivity contribution in [3.8, 4) is 0 Å². The van der Waals surface area contributed by atoms with Gasteiger partial charge in [0.05, 0.1) is 6.20 Å². The zero-order chi connectivity index (χ0) is 13.5. The van der Waals surface area contributed by atoms with Crippen LogP contribution in [0.2, 0.25) is 0 Å². The average Bonchev–Trinajstić information content (AvgIpc) is 2.99. The van der Waals surface area contributed by atoms with Crippen molar-refractivity contribution in [2.75, 3.05) is 18.0 Å². The van der Waals surface area contributed by atoms with E-state index < -0.39 is 10.0 Å². The summed E-state index contributed by atoms with van der Waals surface area (Å²) < 4.78 is 22.7. The Hall–Kier alpha value is -0.660. The fraction of sp³-hybridized carbons (Fsp3) is 0.750. The first-order valence-electron chi connectivity index (χ1n) is 6.72. The van der Waals surface area contributed by atoms with Crippen LogP contribution >= 0.6 is 11.3 Å². The Balaban J connectivity index is 1.70. The van der Waals surface area contributed by atoms with Crippen molar-refractivity contribution in [1.29, 1.82) is 0 Å². The van der Waals surface area contributed by atoms with Crippen molar-refractivity contribution < 1.29 is 8.42 Å². The van der Waals surface area contributed by atoms with Crippen molar-refractivity contribution in [3.05, 3.63) is 6.20 Å². The minimum atomic E-state index is -3.61. The second-order valence-corrected chi connectivity index (χ2v) is 8.50. The van der Waals surface area contributed by atoms with Crippen LogP contribution < -0.4 is 10.0 Å². The highest BCUT2D eigenvalue weighted by Gasteiger charge is 2.37. The largest absolute Gasteiger partial charge is 0.348 e. The highest BCUT2D eigenvalue weighted by molar-refractivity contribution is 7.91. The molecule has 0 bridgehead atoms. The molecule has 106 valence electrons. The van der Waals surface area contributed by atoms with Crippen LogP contribution in [-0.4, -0.2) is 26.5 Å². The molecule has 0 unspecified atom stereocenters. The molecular weight excluding hydrogens is 282 g/mol. The number of hydrogen-bond acceptors (Lipinski definition) is 5. The first-order valence-corrected chi connectivity index (χ1v) is 9.08. The third-order valence-electron chi connectivity index (χ3n) is 4.51. The lowest BCUT2D eigenvalue weighted by Gasteiger charge is -2.39. The second kappa shape index (κ2) is 4.71. The fourth-order valence-corrected chi connectivity index (χ4v) is 4.92. The number of anilines is 1. The van der Waals surface area contributed by atoms with Gasteiger partial charge in [-0.25, -0.2) is 18.5 Å². The molecule has 1 spiro atoms. The molecule has 7 heteroatoms. The number of primary sulfonamides is 1. The average molecular weight is 301 g/mol. The van der Waals surface area contributed by atoms with Gasteiger partial charge in [-0.05, 0) is 31.1 Å². The van der Waals surface area contributed by atoms with E-state index in [0.29, 0.717) is 5.41 Å². The van der Waals surface area contributed by atoms with Crippen LogP contribution in [0.25, 0.3) is 0 Å². The summed E-state index contributed by atoms with van der Waals surface area (Å²) in [6.07, 6.45) is 9.24. The maximum Gasteiger partial charge on any atom is 0.249 e. The fourth-order valence-electron chi connectivity index (χ4n) is 3.33. The minimum Gasteiger partial charge on any atom is -0.348 e. The third-order valence-corrected chi connectivity index (χ3v) is 6.98. The minimum absolute atomic E-state index is 0.156. The summed E-state index contributed by atoms with van der Waals surface area (Å²) in [6, 6.07) is 0. The Morgan fingerprint density at radius 2 is 1.84 bits per heavy atom. The van der Waals surface area contributed by atoms with Crippen LogP contribution in [0.5, 0.6) is 0 Å². The lowest BCUT2D eigenvalue weighted by Crippen LogP contribution is -2.38. The summed E-state index contributed by atoms with van der Waals surface area (Å²) in [4.78, 5) is 6.40. The van der Waals surface area contributed by atoms with E-state index in [1.165, 1.54) is 56.1 Å². The quantitative estimate of drug-likeness (QED) is 0.906. The molecule has 19 heavy (non-hydrogen) atoms. The zero-order valence-electron chi connectivity index (χ0n) is 10.8. The molecule has 0 amide bonds. The lowest BCUT2D eigenvalue weighted by atomic mass is 9.77. The topological polar surface area (TPSA) is 76.3 Å². The molecule has 5 nitrogen and oxygen atoms in total. The van der Waals surface area contributed by atoms with E-state index >= 15 is 0 Å². The van der Waals surface area contributed by atoms with Gasteiger partial charge < -0.3 is 4.90 Å². The van der Waals surface area contributed by atoms with Crippen LogP contribution in [0, 0.1) is 5.41 Å². The molecule has 1 saturated heterocycles. The summed E-state index contributed by atoms with van der Waals surface area (Å²) in [7, 11) is -3.61. The maximum atomic E-state index is 11.3. The maximum absolute atomic E-state index is 11.3. The highest BCUT2D eigenvalue weighted by Crippen LogP contribution is 2.46. The number of rotatable bonds is 2. The van der Waals surface area contributed by atoms with Gasteiger partial charge in [0.2, 0.25) is 10.0 Å². The monoisotopic (exact) mass is 301 g/mol. The van der Waals surface area contributed by atoms with E-state index in [1.54, 1.807) is 0 Å². The van der Waals surface area contributed by atoms with Gasteiger partial charge >= 0.3 is 0 Å². The molecule has 2 aliphatic rings.